The number of carbonyl (C=O) groups excluding carboxylic acids is 13. The molecule has 0 saturated heterocycles. The largest absolute Gasteiger partial charge is 0.370 e. The highest BCUT2D eigenvalue weighted by atomic mass is 32.2. The SMILES string of the molecule is CSCC[C@H](NC(=O)[C@H](CCC(N)=O)NC(=O)[C@@H](N)C(C)C)C(=O)N[C@@H](CCCCN)C(=O)N[C@@H](CC(C)C)C(=O)N[C@@H](Cc1ccccc1)C(=O)N[C@@H](CCCCN)C(=O)N[C@@H](CCCN=C(N)N)C(=O)N[C@@H](Cc1cnc[nH]1)C(=O)N[C@@H](CC(C)C)C(=O)N[C@@H](CCCCN)C(=O)N[C@@H](Cc1c[nH]c2ccccc12)C(N)=O. The number of unbranched alkanes of at least 4 members (excludes halogenated alkanes) is 3. The predicted molar refractivity (Wildman–Crippen MR) is 437 cm³/mol. The van der Waals surface area contributed by atoms with Gasteiger partial charge in [0.1, 0.15) is 66.5 Å². The summed E-state index contributed by atoms with van der Waals surface area (Å²) in [6, 6.07) is 0.281. The van der Waals surface area contributed by atoms with E-state index in [2.05, 4.69) is 78.4 Å². The Morgan fingerprint density at radius 2 is 0.833 bits per heavy atom. The molecule has 0 aliphatic rings. The van der Waals surface area contributed by atoms with Crippen LogP contribution in [0.15, 0.2) is 78.3 Å². The van der Waals surface area contributed by atoms with Gasteiger partial charge in [-0.25, -0.2) is 4.98 Å². The summed E-state index contributed by atoms with van der Waals surface area (Å²) in [4.78, 5) is 199. The zero-order valence-corrected chi connectivity index (χ0v) is 67.6. The van der Waals surface area contributed by atoms with E-state index in [0.717, 1.165) is 10.9 Å². The van der Waals surface area contributed by atoms with Gasteiger partial charge in [0.05, 0.1) is 12.4 Å². The highest BCUT2D eigenvalue weighted by Gasteiger charge is 2.38. The van der Waals surface area contributed by atoms with E-state index in [-0.39, 0.29) is 140 Å². The second-order valence-corrected chi connectivity index (χ2v) is 30.7. The van der Waals surface area contributed by atoms with E-state index >= 15 is 14.4 Å². The second-order valence-electron chi connectivity index (χ2n) is 29.7. The van der Waals surface area contributed by atoms with Gasteiger partial charge in [-0.1, -0.05) is 90.1 Å². The summed E-state index contributed by atoms with van der Waals surface area (Å²) in [5.41, 5.74) is 48.9. The molecule has 37 heteroatoms. The lowest BCUT2D eigenvalue weighted by atomic mass is 9.99. The fraction of sp³-hybridized carbons (Fsp3) is 0.597. The number of hydrogen-bond acceptors (Lipinski definition) is 20. The molecular weight excluding hydrogens is 1490 g/mol. The molecule has 0 aliphatic carbocycles. The topological polar surface area (TPSA) is 619 Å². The van der Waals surface area contributed by atoms with E-state index in [1.807, 2.05) is 38.1 Å². The number of amides is 13. The molecule has 0 radical (unpaired) electrons. The average molecular weight is 1610 g/mol. The highest BCUT2D eigenvalue weighted by molar-refractivity contribution is 7.98. The van der Waals surface area contributed by atoms with Gasteiger partial charge in [-0.3, -0.25) is 67.3 Å². The molecule has 36 nitrogen and oxygen atoms in total. The van der Waals surface area contributed by atoms with E-state index < -0.39 is 149 Å². The van der Waals surface area contributed by atoms with Gasteiger partial charge in [-0.15, -0.1) is 0 Å². The number of primary amides is 2. The van der Waals surface area contributed by atoms with E-state index in [1.165, 1.54) is 24.3 Å². The maximum absolute atomic E-state index is 15.1. The summed E-state index contributed by atoms with van der Waals surface area (Å²) in [5, 5.41) is 31.1. The Hall–Kier alpha value is -10.2. The number of rotatable bonds is 56. The van der Waals surface area contributed by atoms with Crippen LogP contribution >= 0.6 is 11.8 Å². The van der Waals surface area contributed by atoms with Crippen molar-refractivity contribution in [3.05, 3.63) is 90.1 Å². The maximum Gasteiger partial charge on any atom is 0.243 e. The number of para-hydroxylation sites is 1. The molecule has 0 aliphatic heterocycles. The van der Waals surface area contributed by atoms with Gasteiger partial charge in [0, 0.05) is 61.2 Å². The van der Waals surface area contributed by atoms with Gasteiger partial charge >= 0.3 is 0 Å². The van der Waals surface area contributed by atoms with Crippen molar-refractivity contribution in [2.75, 3.05) is 38.2 Å². The molecule has 2 aromatic carbocycles. The molecule has 4 rings (SSSR count). The minimum Gasteiger partial charge on any atom is -0.370 e. The second kappa shape index (κ2) is 51.5. The van der Waals surface area contributed by atoms with Gasteiger partial charge in [-0.2, -0.15) is 11.8 Å². The number of H-pyrrole nitrogens is 2. The Bertz CT molecular complexity index is 3750. The molecule has 0 fully saturated rings. The number of thioether (sulfide) groups is 1. The average Bonchev–Trinajstić information content (AvgIpc) is 1.62. The highest BCUT2D eigenvalue weighted by Crippen LogP contribution is 2.21. The summed E-state index contributed by atoms with van der Waals surface area (Å²) in [6.45, 7) is 11.4. The molecule has 29 N–H and O–H groups in total. The van der Waals surface area contributed by atoms with Crippen LogP contribution in [0.4, 0.5) is 0 Å². The smallest absolute Gasteiger partial charge is 0.243 e. The number of hydrogen-bond donors (Lipinski definition) is 21. The quantitative estimate of drug-likeness (QED) is 0.0133. The number of carbonyl (C=O) groups is 13. The Morgan fingerprint density at radius 1 is 0.439 bits per heavy atom. The molecule has 0 bridgehead atoms. The normalized spacial score (nSPS) is 14.5. The number of aliphatic imine (C=N–C) groups is 1. The first-order chi connectivity index (χ1) is 54.3. The van der Waals surface area contributed by atoms with Crippen LogP contribution in [0.5, 0.6) is 0 Å². The molecular formula is C77H125N23O13S. The Labute approximate surface area is 671 Å². The van der Waals surface area contributed by atoms with Crippen LogP contribution < -0.4 is 104 Å². The summed E-state index contributed by atoms with van der Waals surface area (Å²) >= 11 is 1.37. The summed E-state index contributed by atoms with van der Waals surface area (Å²) < 4.78 is 0. The first-order valence-corrected chi connectivity index (χ1v) is 40.6. The summed E-state index contributed by atoms with van der Waals surface area (Å²) in [7, 11) is 0. The van der Waals surface area contributed by atoms with Gasteiger partial charge in [0.2, 0.25) is 76.8 Å². The lowest BCUT2D eigenvalue weighted by Gasteiger charge is -2.29. The molecule has 114 heavy (non-hydrogen) atoms. The number of benzene rings is 2. The fourth-order valence-corrected chi connectivity index (χ4v) is 12.9. The minimum atomic E-state index is -1.48. The van der Waals surface area contributed by atoms with Crippen molar-refractivity contribution < 1.29 is 62.3 Å². The van der Waals surface area contributed by atoms with Gasteiger partial charge in [0.15, 0.2) is 5.96 Å². The number of guanidine groups is 1. The first-order valence-electron chi connectivity index (χ1n) is 39.2. The van der Waals surface area contributed by atoms with Crippen LogP contribution in [0.2, 0.25) is 0 Å². The molecule has 0 spiro atoms. The van der Waals surface area contributed by atoms with Crippen LogP contribution in [-0.2, 0) is 81.6 Å². The number of nitrogens with one attached hydrogen (secondary N) is 13. The van der Waals surface area contributed by atoms with Gasteiger partial charge in [0.25, 0.3) is 0 Å². The number of imidazole rings is 1. The van der Waals surface area contributed by atoms with Crippen molar-refractivity contribution in [2.45, 2.75) is 236 Å². The summed E-state index contributed by atoms with van der Waals surface area (Å²) in [6.07, 6.45) is 7.96. The van der Waals surface area contributed by atoms with Crippen LogP contribution in [-0.4, -0.2) is 208 Å². The Balaban J connectivity index is 1.67. The summed E-state index contributed by atoms with van der Waals surface area (Å²) in [5.74, 6) is -11.0. The van der Waals surface area contributed by atoms with Crippen molar-refractivity contribution in [3.8, 4) is 0 Å². The van der Waals surface area contributed by atoms with E-state index in [1.54, 1.807) is 70.5 Å². The monoisotopic (exact) mass is 1610 g/mol. The van der Waals surface area contributed by atoms with E-state index in [9.17, 15) is 47.9 Å². The van der Waals surface area contributed by atoms with Crippen molar-refractivity contribution in [1.82, 2.24) is 73.4 Å². The molecule has 2 heterocycles. The third-order valence-corrected chi connectivity index (χ3v) is 19.5. The molecule has 2 aromatic heterocycles. The van der Waals surface area contributed by atoms with Crippen LogP contribution in [0.25, 0.3) is 10.9 Å². The first kappa shape index (κ1) is 96.1. The zero-order valence-electron chi connectivity index (χ0n) is 66.8. The van der Waals surface area contributed by atoms with Crippen molar-refractivity contribution in [3.63, 3.8) is 0 Å². The molecule has 13 amide bonds. The number of nitrogens with zero attached hydrogens (tertiary/aromatic N) is 2. The molecule has 4 aromatic rings. The van der Waals surface area contributed by atoms with Gasteiger partial charge < -0.3 is 114 Å². The zero-order chi connectivity index (χ0) is 84.4. The molecule has 0 unspecified atom stereocenters. The number of fused-ring (bicyclic) bond motifs is 1. The fourth-order valence-electron chi connectivity index (χ4n) is 12.4. The lowest BCUT2D eigenvalue weighted by Crippen LogP contribution is -2.61. The van der Waals surface area contributed by atoms with E-state index in [0.29, 0.717) is 54.7 Å². The van der Waals surface area contributed by atoms with E-state index in [4.69, 9.17) is 45.9 Å². The predicted octanol–water partition coefficient (Wildman–Crippen LogP) is -1.73. The molecule has 0 saturated carbocycles. The Morgan fingerprint density at radius 3 is 1.25 bits per heavy atom. The molecule has 632 valence electrons. The van der Waals surface area contributed by atoms with Crippen LogP contribution in [0.1, 0.15) is 161 Å². The van der Waals surface area contributed by atoms with Crippen molar-refractivity contribution >= 4 is 105 Å². The number of aromatic nitrogens is 3. The minimum absolute atomic E-state index is 0.0110. The third kappa shape index (κ3) is 35.0. The van der Waals surface area contributed by atoms with Gasteiger partial charge in [-0.05, 0) is 163 Å². The maximum atomic E-state index is 15.1. The van der Waals surface area contributed by atoms with Crippen LogP contribution in [0, 0.1) is 17.8 Å². The lowest BCUT2D eigenvalue weighted by molar-refractivity contribution is -0.136. The molecule has 12 atom stereocenters. The number of aromatic amines is 2. The van der Waals surface area contributed by atoms with Crippen molar-refractivity contribution in [1.29, 1.82) is 0 Å². The van der Waals surface area contributed by atoms with Crippen LogP contribution in [0.3, 0.4) is 0 Å². The Kier molecular flexibility index (Phi) is 43.4. The standard InChI is InChI=1S/C77H125N23O13S/c1-44(2)36-59(72(109)92-53(25-14-17-32-79)67(104)96-58(65(83)102)39-48-41-88-51-23-12-11-22-50(48)51)98-75(112)62(40-49-42-86-43-89-49)100-69(106)55(27-19-34-87-77(84)85)91-66(103)52(24-13-16-31-78)93-74(111)61(38-47-20-9-8-10-21-47)99-73(110)60(37-45(3)4)97-68(105)54(26-15-18-33-80)90-71(108)57(30-35-114-7)94-70(107)56(28-29-63(81)101)95-76(113)64(82)46(5)6/h8-12,20-23,41-46,52-62,64,88H,13-19,24-40,78-80,82H2,1-7H3,(H2,81,101)(H2,83,102)(H,86,89)(H,90,108)(H,91,103)(H,92,109)(H,93,111)(H,94,107)(H,95,113)(H,96,104)(H,97,105)(H,98,112)(H,99,110)(H,100,106)(H4,84,85,87)/t52-,53-,54-,55-,56-,57-,58-,59-,60-,61-,62-,64-/m0/s1. The van der Waals surface area contributed by atoms with Crippen molar-refractivity contribution in [2.24, 2.45) is 68.6 Å². The third-order valence-electron chi connectivity index (χ3n) is 18.9. The number of nitrogens with two attached hydrogens (primary N) is 8.